The van der Waals surface area contributed by atoms with Crippen molar-refractivity contribution in [2.45, 2.75) is 83.7 Å². The maximum Gasteiger partial charge on any atom is 0.309 e. The molecule has 0 atom stereocenters. The number of nitrogens with one attached hydrogen (secondary N) is 1. The number of sulfonamides is 1. The molecular formula is C23H39NO5SSi. The highest BCUT2D eigenvalue weighted by Crippen LogP contribution is 2.36. The van der Waals surface area contributed by atoms with E-state index in [0.717, 1.165) is 5.56 Å². The second-order valence-corrected chi connectivity index (χ2v) is 16.7. The second kappa shape index (κ2) is 11.1. The van der Waals surface area contributed by atoms with Crippen LogP contribution in [0.4, 0.5) is 0 Å². The summed E-state index contributed by atoms with van der Waals surface area (Å²) >= 11 is 0. The van der Waals surface area contributed by atoms with E-state index in [1.807, 2.05) is 30.3 Å². The molecule has 0 radical (unpaired) electrons. The monoisotopic (exact) mass is 469 g/mol. The van der Waals surface area contributed by atoms with Crippen molar-refractivity contribution < 1.29 is 22.4 Å². The van der Waals surface area contributed by atoms with Gasteiger partial charge < -0.3 is 9.16 Å². The molecule has 1 aromatic rings. The van der Waals surface area contributed by atoms with Crippen LogP contribution in [-0.2, 0) is 30.6 Å². The standard InChI is InChI=1S/C23H39NO5SSi/c1-23(2,3)31(4,5)29-16-9-17-30(26,27)24-21-14-12-20(13-15-21)22(25)28-18-19-10-7-6-8-11-19/h6-8,10-11,20-21,24H,9,12-18H2,1-5H3. The zero-order chi connectivity index (χ0) is 23.1. The van der Waals surface area contributed by atoms with Crippen LogP contribution in [0.25, 0.3) is 0 Å². The molecule has 0 amide bonds. The molecule has 0 bridgehead atoms. The zero-order valence-electron chi connectivity index (χ0n) is 19.6. The molecule has 176 valence electrons. The summed E-state index contributed by atoms with van der Waals surface area (Å²) < 4.78 is 39.2. The van der Waals surface area contributed by atoms with Gasteiger partial charge in [0.25, 0.3) is 0 Å². The Kier molecular flexibility index (Phi) is 9.30. The van der Waals surface area contributed by atoms with Gasteiger partial charge in [-0.2, -0.15) is 0 Å². The van der Waals surface area contributed by atoms with Gasteiger partial charge in [0.2, 0.25) is 10.0 Å². The summed E-state index contributed by atoms with van der Waals surface area (Å²) in [4.78, 5) is 12.3. The lowest BCUT2D eigenvalue weighted by molar-refractivity contribution is -0.151. The van der Waals surface area contributed by atoms with Crippen LogP contribution in [0.15, 0.2) is 30.3 Å². The first-order valence-corrected chi connectivity index (χ1v) is 15.8. The molecule has 1 aliphatic carbocycles. The quantitative estimate of drug-likeness (QED) is 0.307. The normalized spacial score (nSPS) is 20.4. The first-order chi connectivity index (χ1) is 14.4. The zero-order valence-corrected chi connectivity index (χ0v) is 21.5. The van der Waals surface area contributed by atoms with E-state index < -0.39 is 18.3 Å². The number of esters is 1. The third kappa shape index (κ3) is 8.67. The summed E-state index contributed by atoms with van der Waals surface area (Å²) in [5.41, 5.74) is 0.967. The van der Waals surface area contributed by atoms with Crippen LogP contribution in [0.1, 0.15) is 58.4 Å². The van der Waals surface area contributed by atoms with E-state index in [1.54, 1.807) is 0 Å². The van der Waals surface area contributed by atoms with Gasteiger partial charge in [-0.05, 0) is 55.8 Å². The molecule has 1 fully saturated rings. The predicted molar refractivity (Wildman–Crippen MR) is 127 cm³/mol. The van der Waals surface area contributed by atoms with Gasteiger partial charge in [-0.1, -0.05) is 51.1 Å². The van der Waals surface area contributed by atoms with Crippen molar-refractivity contribution in [1.82, 2.24) is 4.72 Å². The first-order valence-electron chi connectivity index (χ1n) is 11.2. The van der Waals surface area contributed by atoms with Gasteiger partial charge in [0.05, 0.1) is 11.7 Å². The number of rotatable bonds is 10. The molecule has 31 heavy (non-hydrogen) atoms. The molecule has 0 aromatic heterocycles. The predicted octanol–water partition coefficient (Wildman–Crippen LogP) is 4.62. The van der Waals surface area contributed by atoms with E-state index in [1.165, 1.54) is 0 Å². The van der Waals surface area contributed by atoms with Gasteiger partial charge >= 0.3 is 5.97 Å². The van der Waals surface area contributed by atoms with E-state index in [-0.39, 0.29) is 35.3 Å². The molecule has 0 spiro atoms. The Morgan fingerprint density at radius 3 is 2.29 bits per heavy atom. The fraction of sp³-hybridized carbons (Fsp3) is 0.696. The van der Waals surface area contributed by atoms with Gasteiger partial charge in [-0.25, -0.2) is 13.1 Å². The Bertz CT molecular complexity index is 797. The lowest BCUT2D eigenvalue weighted by Crippen LogP contribution is -2.42. The molecule has 6 nitrogen and oxygen atoms in total. The van der Waals surface area contributed by atoms with E-state index >= 15 is 0 Å². The van der Waals surface area contributed by atoms with Crippen molar-refractivity contribution in [3.63, 3.8) is 0 Å². The Hall–Kier alpha value is -1.22. The summed E-state index contributed by atoms with van der Waals surface area (Å²) in [6, 6.07) is 9.51. The molecule has 2 rings (SSSR count). The van der Waals surface area contributed by atoms with E-state index in [0.29, 0.717) is 38.7 Å². The highest BCUT2D eigenvalue weighted by Gasteiger charge is 2.37. The van der Waals surface area contributed by atoms with Crippen molar-refractivity contribution in [3.05, 3.63) is 35.9 Å². The first kappa shape index (κ1) is 26.0. The number of ether oxygens (including phenoxy) is 1. The molecule has 1 aromatic carbocycles. The highest BCUT2D eigenvalue weighted by atomic mass is 32.2. The third-order valence-electron chi connectivity index (χ3n) is 6.46. The van der Waals surface area contributed by atoms with Gasteiger partial charge in [0.1, 0.15) is 6.61 Å². The fourth-order valence-electron chi connectivity index (χ4n) is 3.40. The molecule has 0 aliphatic heterocycles. The molecular weight excluding hydrogens is 430 g/mol. The van der Waals surface area contributed by atoms with Crippen molar-refractivity contribution in [3.8, 4) is 0 Å². The molecule has 1 aliphatic rings. The van der Waals surface area contributed by atoms with Crippen LogP contribution in [0.2, 0.25) is 18.1 Å². The van der Waals surface area contributed by atoms with Crippen molar-refractivity contribution in [2.24, 2.45) is 5.92 Å². The topological polar surface area (TPSA) is 81.7 Å². The third-order valence-corrected chi connectivity index (χ3v) is 12.5. The van der Waals surface area contributed by atoms with Crippen LogP contribution >= 0.6 is 0 Å². The van der Waals surface area contributed by atoms with Crippen LogP contribution < -0.4 is 4.72 Å². The Morgan fingerprint density at radius 1 is 1.10 bits per heavy atom. The SMILES string of the molecule is CC(C)(C)[Si](C)(C)OCCCS(=O)(=O)NC1CCC(C(=O)OCc2ccccc2)CC1. The summed E-state index contributed by atoms with van der Waals surface area (Å²) in [6.45, 7) is 11.6. The minimum atomic E-state index is -3.35. The molecule has 1 saturated carbocycles. The summed E-state index contributed by atoms with van der Waals surface area (Å²) in [5, 5.41) is 0.116. The van der Waals surface area contributed by atoms with Crippen molar-refractivity contribution in [1.29, 1.82) is 0 Å². The molecule has 8 heteroatoms. The average molecular weight is 470 g/mol. The fourth-order valence-corrected chi connectivity index (χ4v) is 5.85. The lowest BCUT2D eigenvalue weighted by atomic mass is 9.86. The van der Waals surface area contributed by atoms with Crippen molar-refractivity contribution in [2.75, 3.05) is 12.4 Å². The smallest absolute Gasteiger partial charge is 0.309 e. The number of carbonyl (C=O) groups is 1. The lowest BCUT2D eigenvalue weighted by Gasteiger charge is -2.36. The largest absolute Gasteiger partial charge is 0.461 e. The molecule has 0 saturated heterocycles. The maximum atomic E-state index is 12.4. The Labute approximate surface area is 189 Å². The number of carbonyl (C=O) groups excluding carboxylic acids is 1. The highest BCUT2D eigenvalue weighted by molar-refractivity contribution is 7.89. The number of benzene rings is 1. The maximum absolute atomic E-state index is 12.4. The average Bonchev–Trinajstić information content (AvgIpc) is 2.70. The summed E-state index contributed by atoms with van der Waals surface area (Å²) in [6.07, 6.45) is 3.10. The van der Waals surface area contributed by atoms with E-state index in [9.17, 15) is 13.2 Å². The van der Waals surface area contributed by atoms with E-state index in [2.05, 4.69) is 38.6 Å². The number of hydrogen-bond donors (Lipinski definition) is 1. The van der Waals surface area contributed by atoms with Crippen LogP contribution in [0.3, 0.4) is 0 Å². The molecule has 0 heterocycles. The van der Waals surface area contributed by atoms with Gasteiger partial charge in [0, 0.05) is 12.6 Å². The van der Waals surface area contributed by atoms with Gasteiger partial charge in [-0.15, -0.1) is 0 Å². The molecule has 0 unspecified atom stereocenters. The van der Waals surface area contributed by atoms with E-state index in [4.69, 9.17) is 9.16 Å². The van der Waals surface area contributed by atoms with Gasteiger partial charge in [0.15, 0.2) is 8.32 Å². The van der Waals surface area contributed by atoms with Crippen LogP contribution in [-0.4, -0.2) is 41.1 Å². The molecule has 1 N–H and O–H groups in total. The van der Waals surface area contributed by atoms with Crippen LogP contribution in [0.5, 0.6) is 0 Å². The van der Waals surface area contributed by atoms with Crippen molar-refractivity contribution >= 4 is 24.3 Å². The summed E-state index contributed by atoms with van der Waals surface area (Å²) in [7, 11) is -5.20. The van der Waals surface area contributed by atoms with Gasteiger partial charge in [-0.3, -0.25) is 4.79 Å². The Morgan fingerprint density at radius 2 is 1.71 bits per heavy atom. The minimum Gasteiger partial charge on any atom is -0.461 e. The minimum absolute atomic E-state index is 0.0701. The summed E-state index contributed by atoms with van der Waals surface area (Å²) in [5.74, 6) is -0.267. The Balaban J connectivity index is 1.68. The second-order valence-electron chi connectivity index (χ2n) is 10.0. The van der Waals surface area contributed by atoms with Crippen LogP contribution in [0, 0.1) is 5.92 Å². The number of hydrogen-bond acceptors (Lipinski definition) is 5.